The van der Waals surface area contributed by atoms with E-state index in [1.54, 1.807) is 68.4 Å². The van der Waals surface area contributed by atoms with Crippen LogP contribution in [0, 0.1) is 21.4 Å². The van der Waals surface area contributed by atoms with Gasteiger partial charge in [0.05, 0.1) is 43.4 Å². The van der Waals surface area contributed by atoms with Gasteiger partial charge in [0.2, 0.25) is 5.75 Å². The maximum Gasteiger partial charge on any atom is 0.338 e. The van der Waals surface area contributed by atoms with Gasteiger partial charge in [-0.2, -0.15) is 5.26 Å². The van der Waals surface area contributed by atoms with Gasteiger partial charge in [-0.3, -0.25) is 19.5 Å². The van der Waals surface area contributed by atoms with Crippen molar-refractivity contribution in [3.05, 3.63) is 133 Å². The monoisotopic (exact) mass is 692 g/mol. The molecule has 1 aliphatic rings. The quantitative estimate of drug-likeness (QED) is 0.134. The lowest BCUT2D eigenvalue weighted by Crippen LogP contribution is -2.40. The second-order valence-corrected chi connectivity index (χ2v) is 11.8. The van der Waals surface area contributed by atoms with Crippen molar-refractivity contribution in [2.75, 3.05) is 6.61 Å². The van der Waals surface area contributed by atoms with Crippen LogP contribution in [0.2, 0.25) is 5.02 Å². The molecule has 2 heterocycles. The average molecular weight is 694 g/mol. The molecule has 0 saturated heterocycles. The molecule has 1 aromatic heterocycles. The number of allylic oxidation sites excluding steroid dienone is 1. The van der Waals surface area contributed by atoms with E-state index in [0.29, 0.717) is 36.7 Å². The van der Waals surface area contributed by atoms with Crippen molar-refractivity contribution in [1.29, 1.82) is 5.26 Å². The van der Waals surface area contributed by atoms with E-state index in [2.05, 4.69) is 20.9 Å². The van der Waals surface area contributed by atoms with E-state index in [1.165, 1.54) is 16.7 Å². The van der Waals surface area contributed by atoms with Crippen LogP contribution in [0.4, 0.5) is 5.69 Å². The summed E-state index contributed by atoms with van der Waals surface area (Å²) in [6.07, 6.45) is 1.53. The zero-order valence-corrected chi connectivity index (χ0v) is 26.4. The fourth-order valence-electron chi connectivity index (χ4n) is 4.73. The highest BCUT2D eigenvalue weighted by atomic mass is 79.9. The molecular weight excluding hydrogens is 672 g/mol. The minimum absolute atomic E-state index is 0.0198. The number of nitriles is 1. The van der Waals surface area contributed by atoms with E-state index in [-0.39, 0.29) is 34.8 Å². The molecule has 5 rings (SSSR count). The van der Waals surface area contributed by atoms with Gasteiger partial charge in [0, 0.05) is 11.1 Å². The Morgan fingerprint density at radius 1 is 1.25 bits per heavy atom. The standard InChI is InChI=1S/C31H22BrClN4O6S/c1-3-42-30(39)26-17(2)35-31-36(27(26)21-6-4-5-7-23(21)33)29(38)25(44-31)14-20-12-22(32)28(24(13-20)37(40)41)43-16-19-10-8-18(15-34)9-11-19/h4-14,27H,3,16H2,1-2H3/b25-14-/t27-/m1/s1. The number of carbonyl (C=O) groups excluding carboxylic acids is 1. The number of nitro benzene ring substituents is 1. The van der Waals surface area contributed by atoms with Crippen LogP contribution in [0.5, 0.6) is 5.75 Å². The van der Waals surface area contributed by atoms with E-state index in [0.717, 1.165) is 16.9 Å². The Hall–Kier alpha value is -4.57. The molecule has 0 aliphatic carbocycles. The van der Waals surface area contributed by atoms with Crippen LogP contribution in [-0.4, -0.2) is 22.1 Å². The van der Waals surface area contributed by atoms with Gasteiger partial charge < -0.3 is 9.47 Å². The van der Waals surface area contributed by atoms with Crippen LogP contribution < -0.4 is 19.6 Å². The molecule has 222 valence electrons. The van der Waals surface area contributed by atoms with Crippen LogP contribution in [0.3, 0.4) is 0 Å². The molecule has 0 bridgehead atoms. The van der Waals surface area contributed by atoms with Gasteiger partial charge in [0.25, 0.3) is 5.56 Å². The Morgan fingerprint density at radius 3 is 2.64 bits per heavy atom. The van der Waals surface area contributed by atoms with Crippen LogP contribution in [0.1, 0.15) is 42.1 Å². The average Bonchev–Trinajstić information content (AvgIpc) is 3.30. The lowest BCUT2D eigenvalue weighted by atomic mass is 9.96. The largest absolute Gasteiger partial charge is 0.481 e. The number of halogens is 2. The first-order valence-electron chi connectivity index (χ1n) is 13.2. The molecule has 13 heteroatoms. The minimum atomic E-state index is -0.889. The van der Waals surface area contributed by atoms with Crippen molar-refractivity contribution in [1.82, 2.24) is 4.57 Å². The maximum absolute atomic E-state index is 13.9. The third-order valence-electron chi connectivity index (χ3n) is 6.72. The molecule has 0 fully saturated rings. The van der Waals surface area contributed by atoms with Gasteiger partial charge in [-0.1, -0.05) is 53.3 Å². The number of ether oxygens (including phenoxy) is 2. The number of esters is 1. The molecule has 4 aromatic rings. The van der Waals surface area contributed by atoms with Crippen LogP contribution in [0.15, 0.2) is 86.2 Å². The number of nitrogens with zero attached hydrogens (tertiary/aromatic N) is 4. The zero-order valence-electron chi connectivity index (χ0n) is 23.2. The van der Waals surface area contributed by atoms with Gasteiger partial charge >= 0.3 is 11.7 Å². The van der Waals surface area contributed by atoms with E-state index >= 15 is 0 Å². The van der Waals surface area contributed by atoms with Crippen molar-refractivity contribution in [2.24, 2.45) is 4.99 Å². The summed E-state index contributed by atoms with van der Waals surface area (Å²) >= 11 is 11.0. The molecule has 10 nitrogen and oxygen atoms in total. The number of nitro groups is 1. The SMILES string of the molecule is CCOC(=O)C1=C(C)N=c2s/c(=C\c3cc(Br)c(OCc4ccc(C#N)cc4)c([N+](=O)[O-])c3)c(=O)n2[C@@H]1c1ccccc1Cl. The third-order valence-corrected chi connectivity index (χ3v) is 8.64. The lowest BCUT2D eigenvalue weighted by Gasteiger charge is -2.25. The number of hydrogen-bond donors (Lipinski definition) is 0. The summed E-state index contributed by atoms with van der Waals surface area (Å²) in [5.41, 5.74) is 1.94. The van der Waals surface area contributed by atoms with Crippen molar-refractivity contribution in [3.63, 3.8) is 0 Å². The van der Waals surface area contributed by atoms with E-state index in [9.17, 15) is 19.7 Å². The Labute approximate surface area is 268 Å². The van der Waals surface area contributed by atoms with Gasteiger partial charge in [0.15, 0.2) is 4.80 Å². The minimum Gasteiger partial charge on any atom is -0.481 e. The topological polar surface area (TPSA) is 137 Å². The number of rotatable bonds is 8. The molecule has 0 radical (unpaired) electrons. The first kappa shape index (κ1) is 30.9. The Bertz CT molecular complexity index is 2060. The van der Waals surface area contributed by atoms with Crippen molar-refractivity contribution in [3.8, 4) is 11.8 Å². The number of fused-ring (bicyclic) bond motifs is 1. The number of hydrogen-bond acceptors (Lipinski definition) is 9. The normalized spacial score (nSPS) is 14.4. The summed E-state index contributed by atoms with van der Waals surface area (Å²) in [6.45, 7) is 3.53. The number of carbonyl (C=O) groups is 1. The first-order valence-corrected chi connectivity index (χ1v) is 15.2. The molecule has 0 unspecified atom stereocenters. The van der Waals surface area contributed by atoms with Crippen LogP contribution in [0.25, 0.3) is 6.08 Å². The highest BCUT2D eigenvalue weighted by Crippen LogP contribution is 2.38. The summed E-state index contributed by atoms with van der Waals surface area (Å²) in [7, 11) is 0. The Morgan fingerprint density at radius 2 is 1.98 bits per heavy atom. The highest BCUT2D eigenvalue weighted by molar-refractivity contribution is 9.10. The molecule has 1 aliphatic heterocycles. The molecular formula is C31H22BrClN4O6S. The van der Waals surface area contributed by atoms with Crippen molar-refractivity contribution < 1.29 is 19.2 Å². The number of aromatic nitrogens is 1. The molecule has 1 atom stereocenters. The first-order chi connectivity index (χ1) is 21.1. The summed E-state index contributed by atoms with van der Waals surface area (Å²) < 4.78 is 13.1. The third kappa shape index (κ3) is 6.07. The van der Waals surface area contributed by atoms with Gasteiger partial charge in [-0.05, 0) is 76.8 Å². The molecule has 0 spiro atoms. The fourth-order valence-corrected chi connectivity index (χ4v) is 6.59. The highest BCUT2D eigenvalue weighted by Gasteiger charge is 2.34. The number of benzene rings is 3. The second-order valence-electron chi connectivity index (χ2n) is 9.53. The second kappa shape index (κ2) is 13.0. The number of thiazole rings is 1. The van der Waals surface area contributed by atoms with Gasteiger partial charge in [-0.15, -0.1) is 0 Å². The van der Waals surface area contributed by atoms with Gasteiger partial charge in [-0.25, -0.2) is 9.79 Å². The summed E-state index contributed by atoms with van der Waals surface area (Å²) in [6, 6.07) is 17.7. The predicted octanol–water partition coefficient (Wildman–Crippen LogP) is 5.57. The summed E-state index contributed by atoms with van der Waals surface area (Å²) in [5, 5.41) is 21.4. The molecule has 0 N–H and O–H groups in total. The molecule has 0 amide bonds. The zero-order chi connectivity index (χ0) is 31.5. The van der Waals surface area contributed by atoms with Gasteiger partial charge in [0.1, 0.15) is 12.6 Å². The van der Waals surface area contributed by atoms with Crippen molar-refractivity contribution in [2.45, 2.75) is 26.5 Å². The van der Waals surface area contributed by atoms with Crippen molar-refractivity contribution >= 4 is 56.6 Å². The maximum atomic E-state index is 13.9. The molecule has 44 heavy (non-hydrogen) atoms. The van der Waals surface area contributed by atoms with E-state index in [4.69, 9.17) is 26.3 Å². The molecule has 3 aromatic carbocycles. The van der Waals surface area contributed by atoms with Crippen LogP contribution >= 0.6 is 38.9 Å². The summed E-state index contributed by atoms with van der Waals surface area (Å²) in [4.78, 5) is 43.3. The Balaban J connectivity index is 1.59. The van der Waals surface area contributed by atoms with E-state index in [1.807, 2.05) is 6.07 Å². The van der Waals surface area contributed by atoms with Crippen LogP contribution in [-0.2, 0) is 16.1 Å². The smallest absolute Gasteiger partial charge is 0.338 e. The Kier molecular flexibility index (Phi) is 9.10. The van der Waals surface area contributed by atoms with E-state index < -0.39 is 22.5 Å². The predicted molar refractivity (Wildman–Crippen MR) is 168 cm³/mol. The molecule has 0 saturated carbocycles. The fraction of sp³-hybridized carbons (Fsp3) is 0.161. The lowest BCUT2D eigenvalue weighted by molar-refractivity contribution is -0.386. The summed E-state index contributed by atoms with van der Waals surface area (Å²) in [5.74, 6) is -0.588.